The average Bonchev–Trinajstić information content (AvgIpc) is 2.50. The van der Waals surface area contributed by atoms with E-state index in [1.165, 1.54) is 26.4 Å². The SMILES string of the molecule is COc1ccc(S(=O)(=O)NCCCCCCO)c(OC)c1. The van der Waals surface area contributed by atoms with Gasteiger partial charge in [-0.15, -0.1) is 0 Å². The third kappa shape index (κ3) is 5.53. The van der Waals surface area contributed by atoms with Gasteiger partial charge in [0.25, 0.3) is 0 Å². The van der Waals surface area contributed by atoms with Crippen LogP contribution in [0, 0.1) is 0 Å². The number of rotatable bonds is 10. The Bertz CT molecular complexity index is 530. The molecule has 0 atom stereocenters. The van der Waals surface area contributed by atoms with Gasteiger partial charge in [-0.25, -0.2) is 13.1 Å². The molecule has 0 aliphatic carbocycles. The van der Waals surface area contributed by atoms with Crippen molar-refractivity contribution in [3.63, 3.8) is 0 Å². The lowest BCUT2D eigenvalue weighted by Crippen LogP contribution is -2.25. The van der Waals surface area contributed by atoms with Crippen LogP contribution in [0.2, 0.25) is 0 Å². The van der Waals surface area contributed by atoms with Crippen LogP contribution in [0.3, 0.4) is 0 Å². The molecule has 7 heteroatoms. The van der Waals surface area contributed by atoms with Gasteiger partial charge in [0.1, 0.15) is 16.4 Å². The first-order valence-electron chi connectivity index (χ1n) is 6.87. The summed E-state index contributed by atoms with van der Waals surface area (Å²) in [5.74, 6) is 0.789. The summed E-state index contributed by atoms with van der Waals surface area (Å²) in [7, 11) is -0.674. The summed E-state index contributed by atoms with van der Waals surface area (Å²) in [5, 5.41) is 8.67. The summed E-state index contributed by atoms with van der Waals surface area (Å²) in [5.41, 5.74) is 0. The summed E-state index contributed by atoms with van der Waals surface area (Å²) in [6, 6.07) is 4.58. The first-order valence-corrected chi connectivity index (χ1v) is 8.36. The number of hydrogen-bond donors (Lipinski definition) is 2. The lowest BCUT2D eigenvalue weighted by molar-refractivity contribution is 0.282. The van der Waals surface area contributed by atoms with Crippen molar-refractivity contribution in [2.75, 3.05) is 27.4 Å². The molecule has 0 unspecified atom stereocenters. The third-order valence-corrected chi connectivity index (χ3v) is 4.54. The summed E-state index contributed by atoms with van der Waals surface area (Å²) < 4.78 is 37.2. The lowest BCUT2D eigenvalue weighted by Gasteiger charge is -2.12. The van der Waals surface area contributed by atoms with Gasteiger partial charge in [-0.2, -0.15) is 0 Å². The highest BCUT2D eigenvalue weighted by molar-refractivity contribution is 7.89. The van der Waals surface area contributed by atoms with Crippen molar-refractivity contribution in [2.24, 2.45) is 0 Å². The zero-order chi connectivity index (χ0) is 15.7. The monoisotopic (exact) mass is 317 g/mol. The highest BCUT2D eigenvalue weighted by Gasteiger charge is 2.19. The normalized spacial score (nSPS) is 11.4. The molecule has 0 aliphatic rings. The van der Waals surface area contributed by atoms with Gasteiger partial charge in [0.15, 0.2) is 0 Å². The number of ether oxygens (including phenoxy) is 2. The number of unbranched alkanes of at least 4 members (excludes halogenated alkanes) is 3. The minimum atomic E-state index is -3.60. The number of methoxy groups -OCH3 is 2. The molecule has 2 N–H and O–H groups in total. The second kappa shape index (κ2) is 8.86. The van der Waals surface area contributed by atoms with Gasteiger partial charge in [0.05, 0.1) is 14.2 Å². The first kappa shape index (κ1) is 17.7. The zero-order valence-corrected chi connectivity index (χ0v) is 13.3. The van der Waals surface area contributed by atoms with Crippen molar-refractivity contribution in [1.82, 2.24) is 4.72 Å². The van der Waals surface area contributed by atoms with Crippen LogP contribution >= 0.6 is 0 Å². The van der Waals surface area contributed by atoms with E-state index in [9.17, 15) is 8.42 Å². The largest absolute Gasteiger partial charge is 0.497 e. The summed E-state index contributed by atoms with van der Waals surface area (Å²) in [4.78, 5) is 0.0983. The van der Waals surface area contributed by atoms with E-state index in [4.69, 9.17) is 14.6 Å². The molecule has 1 aromatic rings. The number of hydrogen-bond acceptors (Lipinski definition) is 5. The standard InChI is InChI=1S/C14H23NO5S/c1-19-12-7-8-14(13(11-12)20-2)21(17,18)15-9-5-3-4-6-10-16/h7-8,11,15-16H,3-6,9-10H2,1-2H3. The van der Waals surface area contributed by atoms with Crippen molar-refractivity contribution in [3.05, 3.63) is 18.2 Å². The van der Waals surface area contributed by atoms with Crippen molar-refractivity contribution in [1.29, 1.82) is 0 Å². The second-order valence-electron chi connectivity index (χ2n) is 4.55. The second-order valence-corrected chi connectivity index (χ2v) is 6.29. The van der Waals surface area contributed by atoms with Gasteiger partial charge in [0.2, 0.25) is 10.0 Å². The van der Waals surface area contributed by atoms with Crippen molar-refractivity contribution >= 4 is 10.0 Å². The van der Waals surface area contributed by atoms with Crippen molar-refractivity contribution in [2.45, 2.75) is 30.6 Å². The van der Waals surface area contributed by atoms with Gasteiger partial charge in [-0.1, -0.05) is 12.8 Å². The van der Waals surface area contributed by atoms with Crippen LogP contribution in [0.25, 0.3) is 0 Å². The van der Waals surface area contributed by atoms with Gasteiger partial charge >= 0.3 is 0 Å². The average molecular weight is 317 g/mol. The highest BCUT2D eigenvalue weighted by Crippen LogP contribution is 2.28. The maximum absolute atomic E-state index is 12.2. The maximum Gasteiger partial charge on any atom is 0.244 e. The van der Waals surface area contributed by atoms with Crippen LogP contribution in [0.5, 0.6) is 11.5 Å². The topological polar surface area (TPSA) is 84.9 Å². The number of aliphatic hydroxyl groups is 1. The fourth-order valence-corrected chi connectivity index (χ4v) is 3.09. The number of aliphatic hydroxyl groups excluding tert-OH is 1. The van der Waals surface area contributed by atoms with E-state index in [0.717, 1.165) is 25.7 Å². The van der Waals surface area contributed by atoms with E-state index in [1.807, 2.05) is 0 Å². The van der Waals surface area contributed by atoms with E-state index >= 15 is 0 Å². The Balaban J connectivity index is 2.65. The number of sulfonamides is 1. The molecule has 0 bridgehead atoms. The minimum absolute atomic E-state index is 0.0983. The Morgan fingerprint density at radius 1 is 1.10 bits per heavy atom. The van der Waals surface area contributed by atoms with Gasteiger partial charge < -0.3 is 14.6 Å². The first-order chi connectivity index (χ1) is 10.0. The van der Waals surface area contributed by atoms with Gasteiger partial charge in [0, 0.05) is 19.2 Å². The molecule has 1 aromatic carbocycles. The predicted molar refractivity (Wildman–Crippen MR) is 80.3 cm³/mol. The van der Waals surface area contributed by atoms with Crippen LogP contribution < -0.4 is 14.2 Å². The Morgan fingerprint density at radius 3 is 2.43 bits per heavy atom. The molecule has 0 aromatic heterocycles. The Kier molecular flexibility index (Phi) is 7.49. The fraction of sp³-hybridized carbons (Fsp3) is 0.571. The number of nitrogens with one attached hydrogen (secondary N) is 1. The Labute approximate surface area is 126 Å². The molecule has 0 aliphatic heterocycles. The summed E-state index contributed by atoms with van der Waals surface area (Å²) in [6.45, 7) is 0.539. The van der Waals surface area contributed by atoms with Crippen LogP contribution in [0.1, 0.15) is 25.7 Å². The Hall–Kier alpha value is -1.31. The molecule has 1 rings (SSSR count). The van der Waals surface area contributed by atoms with Crippen molar-refractivity contribution in [3.8, 4) is 11.5 Å². The summed E-state index contributed by atoms with van der Waals surface area (Å²) >= 11 is 0. The molecule has 0 radical (unpaired) electrons. The fourth-order valence-electron chi connectivity index (χ4n) is 1.87. The van der Waals surface area contributed by atoms with E-state index in [1.54, 1.807) is 6.07 Å². The van der Waals surface area contributed by atoms with E-state index in [0.29, 0.717) is 12.3 Å². The highest BCUT2D eigenvalue weighted by atomic mass is 32.2. The van der Waals surface area contributed by atoms with Crippen LogP contribution in [0.15, 0.2) is 23.1 Å². The summed E-state index contributed by atoms with van der Waals surface area (Å²) in [6.07, 6.45) is 3.25. The third-order valence-electron chi connectivity index (χ3n) is 3.04. The van der Waals surface area contributed by atoms with Crippen LogP contribution in [0.4, 0.5) is 0 Å². The molecule has 0 spiro atoms. The van der Waals surface area contributed by atoms with Crippen molar-refractivity contribution < 1.29 is 23.0 Å². The molecule has 21 heavy (non-hydrogen) atoms. The maximum atomic E-state index is 12.2. The molecule has 0 fully saturated rings. The molecular formula is C14H23NO5S. The van der Waals surface area contributed by atoms with Crippen LogP contribution in [-0.2, 0) is 10.0 Å². The molecule has 0 saturated carbocycles. The number of benzene rings is 1. The predicted octanol–water partition coefficient (Wildman–Crippen LogP) is 1.53. The smallest absolute Gasteiger partial charge is 0.244 e. The molecule has 0 saturated heterocycles. The molecule has 6 nitrogen and oxygen atoms in total. The Morgan fingerprint density at radius 2 is 1.81 bits per heavy atom. The minimum Gasteiger partial charge on any atom is -0.497 e. The van der Waals surface area contributed by atoms with Crippen LogP contribution in [-0.4, -0.2) is 40.9 Å². The lowest BCUT2D eigenvalue weighted by atomic mass is 10.2. The van der Waals surface area contributed by atoms with E-state index in [-0.39, 0.29) is 17.3 Å². The van der Waals surface area contributed by atoms with Gasteiger partial charge in [-0.3, -0.25) is 0 Å². The molecule has 120 valence electrons. The molecular weight excluding hydrogens is 294 g/mol. The molecule has 0 heterocycles. The quantitative estimate of drug-likeness (QED) is 0.639. The van der Waals surface area contributed by atoms with Gasteiger partial charge in [-0.05, 0) is 25.0 Å². The van der Waals surface area contributed by atoms with E-state index in [2.05, 4.69) is 4.72 Å². The van der Waals surface area contributed by atoms with E-state index < -0.39 is 10.0 Å². The zero-order valence-electron chi connectivity index (χ0n) is 12.5. The molecule has 0 amide bonds.